The Bertz CT molecular complexity index is 308. The van der Waals surface area contributed by atoms with Crippen molar-refractivity contribution >= 4 is 7.82 Å². The molecule has 0 aromatic carbocycles. The van der Waals surface area contributed by atoms with E-state index < -0.39 is 44.4 Å². The fraction of sp³-hybridized carbons (Fsp3) is 1.00. The van der Waals surface area contributed by atoms with Gasteiger partial charge in [0.25, 0.3) is 0 Å². The summed E-state index contributed by atoms with van der Waals surface area (Å²) in [6.07, 6.45) is -10.9. The summed E-state index contributed by atoms with van der Waals surface area (Å²) >= 11 is 0. The van der Waals surface area contributed by atoms with Crippen LogP contribution in [-0.2, 0) is 13.6 Å². The lowest BCUT2D eigenvalue weighted by atomic mass is 9.85. The summed E-state index contributed by atoms with van der Waals surface area (Å²) in [7, 11) is -4.53. The molecule has 1 fully saturated rings. The molecule has 0 saturated heterocycles. The standard InChI is InChI=1S/C8H17O9P/c1-2-16-18(14,15)17-8-6(12)4(10)3(9)5(11)7(8)13/h3-13H,2H2,1H3,(H,14,15). The fourth-order valence-electron chi connectivity index (χ4n) is 1.67. The molecule has 5 unspecified atom stereocenters. The molecule has 0 radical (unpaired) electrons. The third kappa shape index (κ3) is 3.27. The molecule has 6 N–H and O–H groups in total. The minimum absolute atomic E-state index is 0.152. The van der Waals surface area contributed by atoms with Gasteiger partial charge in [-0.15, -0.1) is 0 Å². The normalized spacial score (nSPS) is 44.6. The number of phosphoric acid groups is 1. The smallest absolute Gasteiger partial charge is 0.387 e. The first-order valence-electron chi connectivity index (χ1n) is 5.27. The van der Waals surface area contributed by atoms with Gasteiger partial charge >= 0.3 is 7.82 Å². The van der Waals surface area contributed by atoms with E-state index in [4.69, 9.17) is 0 Å². The zero-order valence-electron chi connectivity index (χ0n) is 9.53. The van der Waals surface area contributed by atoms with Crippen molar-refractivity contribution in [1.29, 1.82) is 0 Å². The molecule has 1 saturated carbocycles. The quantitative estimate of drug-likeness (QED) is 0.303. The second kappa shape index (κ2) is 5.91. The zero-order valence-corrected chi connectivity index (χ0v) is 10.4. The minimum atomic E-state index is -4.53. The summed E-state index contributed by atoms with van der Waals surface area (Å²) in [5, 5.41) is 47.1. The maximum absolute atomic E-state index is 11.3. The molecule has 108 valence electrons. The average Bonchev–Trinajstić information content (AvgIpc) is 2.30. The van der Waals surface area contributed by atoms with Gasteiger partial charge in [-0.25, -0.2) is 4.57 Å². The van der Waals surface area contributed by atoms with E-state index in [2.05, 4.69) is 9.05 Å². The first-order chi connectivity index (χ1) is 8.21. The first kappa shape index (κ1) is 16.0. The van der Waals surface area contributed by atoms with Gasteiger partial charge in [-0.05, 0) is 6.92 Å². The molecule has 1 rings (SSSR count). The van der Waals surface area contributed by atoms with Gasteiger partial charge in [-0.2, -0.15) is 0 Å². The van der Waals surface area contributed by atoms with Crippen LogP contribution in [0, 0.1) is 0 Å². The van der Waals surface area contributed by atoms with Gasteiger partial charge < -0.3 is 30.4 Å². The molecule has 10 heteroatoms. The fourth-order valence-corrected chi connectivity index (χ4v) is 2.61. The number of rotatable bonds is 4. The Morgan fingerprint density at radius 1 is 0.944 bits per heavy atom. The van der Waals surface area contributed by atoms with Gasteiger partial charge in [0.15, 0.2) is 0 Å². The maximum atomic E-state index is 11.3. The van der Waals surface area contributed by atoms with Gasteiger partial charge in [0.05, 0.1) is 6.61 Å². The third-order valence-corrected chi connectivity index (χ3v) is 3.71. The van der Waals surface area contributed by atoms with Crippen LogP contribution in [0.25, 0.3) is 0 Å². The number of phosphoric ester groups is 1. The Balaban J connectivity index is 2.83. The Labute approximate surface area is 103 Å². The maximum Gasteiger partial charge on any atom is 0.472 e. The van der Waals surface area contributed by atoms with E-state index in [0.29, 0.717) is 0 Å². The molecule has 0 bridgehead atoms. The number of aliphatic hydroxyl groups is 5. The molecular formula is C8H17O9P. The summed E-state index contributed by atoms with van der Waals surface area (Å²) in [4.78, 5) is 9.20. The van der Waals surface area contributed by atoms with E-state index in [1.807, 2.05) is 0 Å². The molecule has 0 aromatic heterocycles. The number of hydrogen-bond acceptors (Lipinski definition) is 8. The molecule has 0 heterocycles. The average molecular weight is 288 g/mol. The Morgan fingerprint density at radius 3 is 1.72 bits per heavy atom. The summed E-state index contributed by atoms with van der Waals surface area (Å²) in [5.74, 6) is 0. The number of aliphatic hydroxyl groups excluding tert-OH is 5. The van der Waals surface area contributed by atoms with Crippen LogP contribution in [0.1, 0.15) is 6.92 Å². The molecule has 0 aliphatic heterocycles. The van der Waals surface area contributed by atoms with Crippen molar-refractivity contribution in [3.8, 4) is 0 Å². The molecular weight excluding hydrogens is 271 g/mol. The summed E-state index contributed by atoms with van der Waals surface area (Å²) in [6.45, 7) is 1.27. The monoisotopic (exact) mass is 288 g/mol. The first-order valence-corrected chi connectivity index (χ1v) is 6.77. The second-order valence-corrected chi connectivity index (χ2v) is 5.32. The van der Waals surface area contributed by atoms with Crippen LogP contribution in [0.15, 0.2) is 0 Å². The third-order valence-electron chi connectivity index (χ3n) is 2.62. The lowest BCUT2D eigenvalue weighted by molar-refractivity contribution is -0.219. The van der Waals surface area contributed by atoms with Crippen molar-refractivity contribution in [3.05, 3.63) is 0 Å². The van der Waals surface area contributed by atoms with Crippen LogP contribution < -0.4 is 0 Å². The van der Waals surface area contributed by atoms with E-state index in [9.17, 15) is 35.0 Å². The summed E-state index contributed by atoms with van der Waals surface area (Å²) in [5.41, 5.74) is 0. The molecule has 0 spiro atoms. The minimum Gasteiger partial charge on any atom is -0.387 e. The van der Waals surface area contributed by atoms with E-state index in [1.165, 1.54) is 6.92 Å². The molecule has 1 aliphatic rings. The number of hydrogen-bond donors (Lipinski definition) is 6. The highest BCUT2D eigenvalue weighted by Crippen LogP contribution is 2.46. The van der Waals surface area contributed by atoms with Crippen LogP contribution >= 0.6 is 7.82 Å². The highest BCUT2D eigenvalue weighted by molar-refractivity contribution is 7.47. The van der Waals surface area contributed by atoms with Crippen molar-refractivity contribution in [2.75, 3.05) is 6.61 Å². The molecule has 5 atom stereocenters. The molecule has 1 aliphatic carbocycles. The van der Waals surface area contributed by atoms with Crippen molar-refractivity contribution in [3.63, 3.8) is 0 Å². The second-order valence-electron chi connectivity index (χ2n) is 3.91. The predicted molar refractivity (Wildman–Crippen MR) is 56.4 cm³/mol. The van der Waals surface area contributed by atoms with Crippen LogP contribution in [0.2, 0.25) is 0 Å². The largest absolute Gasteiger partial charge is 0.472 e. The highest BCUT2D eigenvalue weighted by atomic mass is 31.2. The van der Waals surface area contributed by atoms with Crippen molar-refractivity contribution in [2.45, 2.75) is 43.5 Å². The Morgan fingerprint density at radius 2 is 1.33 bits per heavy atom. The zero-order chi connectivity index (χ0) is 14.1. The van der Waals surface area contributed by atoms with E-state index in [0.717, 1.165) is 0 Å². The Hall–Kier alpha value is -0.0900. The lowest BCUT2D eigenvalue weighted by Crippen LogP contribution is -2.64. The lowest BCUT2D eigenvalue weighted by Gasteiger charge is -2.41. The van der Waals surface area contributed by atoms with Crippen molar-refractivity contribution in [1.82, 2.24) is 0 Å². The SMILES string of the molecule is CCOP(=O)(O)OC1C(O)C(O)C(O)C(O)C1O. The Kier molecular flexibility index (Phi) is 5.24. The van der Waals surface area contributed by atoms with Crippen molar-refractivity contribution in [2.24, 2.45) is 0 Å². The van der Waals surface area contributed by atoms with Crippen molar-refractivity contribution < 1.29 is 44.0 Å². The topological polar surface area (TPSA) is 157 Å². The van der Waals surface area contributed by atoms with Gasteiger partial charge in [0.2, 0.25) is 0 Å². The van der Waals surface area contributed by atoms with E-state index in [-0.39, 0.29) is 6.61 Å². The van der Waals surface area contributed by atoms with E-state index >= 15 is 0 Å². The highest BCUT2D eigenvalue weighted by Gasteiger charge is 2.51. The van der Waals surface area contributed by atoms with Crippen LogP contribution in [0.5, 0.6) is 0 Å². The molecule has 18 heavy (non-hydrogen) atoms. The molecule has 9 nitrogen and oxygen atoms in total. The van der Waals surface area contributed by atoms with Gasteiger partial charge in [0, 0.05) is 0 Å². The van der Waals surface area contributed by atoms with Gasteiger partial charge in [-0.3, -0.25) is 9.05 Å². The molecule has 0 aromatic rings. The van der Waals surface area contributed by atoms with Gasteiger partial charge in [-0.1, -0.05) is 0 Å². The predicted octanol–water partition coefficient (Wildman–Crippen LogP) is -2.67. The van der Waals surface area contributed by atoms with Gasteiger partial charge in [0.1, 0.15) is 36.6 Å². The van der Waals surface area contributed by atoms with Crippen LogP contribution in [0.4, 0.5) is 0 Å². The molecule has 0 amide bonds. The van der Waals surface area contributed by atoms with E-state index in [1.54, 1.807) is 0 Å². The van der Waals surface area contributed by atoms with Crippen LogP contribution in [-0.4, -0.2) is 73.7 Å². The van der Waals surface area contributed by atoms with Crippen LogP contribution in [0.3, 0.4) is 0 Å². The summed E-state index contributed by atoms with van der Waals surface area (Å²) < 4.78 is 20.2. The summed E-state index contributed by atoms with van der Waals surface area (Å²) in [6, 6.07) is 0.